The zero-order valence-electron chi connectivity index (χ0n) is 13.8. The van der Waals surface area contributed by atoms with Crippen LogP contribution in [0.15, 0.2) is 29.2 Å². The number of unbranched alkanes of at least 4 members (excludes halogenated alkanes) is 3. The van der Waals surface area contributed by atoms with Gasteiger partial charge in [-0.2, -0.15) is 4.31 Å². The van der Waals surface area contributed by atoms with E-state index in [0.29, 0.717) is 18.7 Å². The van der Waals surface area contributed by atoms with E-state index in [1.165, 1.54) is 24.7 Å². The number of ether oxygens (including phenoxy) is 1. The number of sulfonamides is 1. The molecule has 1 aromatic rings. The van der Waals surface area contributed by atoms with Crippen LogP contribution in [0.4, 0.5) is 0 Å². The number of amides is 1. The van der Waals surface area contributed by atoms with E-state index in [9.17, 15) is 13.2 Å². The first-order valence-electron chi connectivity index (χ1n) is 7.73. The molecule has 0 radical (unpaired) electrons. The number of nitrogens with two attached hydrogens (primary N) is 1. The third-order valence-electron chi connectivity index (χ3n) is 3.50. The van der Waals surface area contributed by atoms with E-state index in [2.05, 4.69) is 0 Å². The lowest BCUT2D eigenvalue weighted by Crippen LogP contribution is -2.40. The second-order valence-corrected chi connectivity index (χ2v) is 7.19. The van der Waals surface area contributed by atoms with Crippen LogP contribution in [0.3, 0.4) is 0 Å². The summed E-state index contributed by atoms with van der Waals surface area (Å²) in [5.74, 6) is -0.246. The topological polar surface area (TPSA) is 122 Å². The highest BCUT2D eigenvalue weighted by Crippen LogP contribution is 2.20. The summed E-state index contributed by atoms with van der Waals surface area (Å²) in [5, 5.41) is 8.68. The van der Waals surface area contributed by atoms with E-state index in [1.807, 2.05) is 0 Å². The van der Waals surface area contributed by atoms with Gasteiger partial charge in [0.1, 0.15) is 5.75 Å². The van der Waals surface area contributed by atoms with E-state index in [1.54, 1.807) is 12.1 Å². The Morgan fingerprint density at radius 2 is 1.83 bits per heavy atom. The molecule has 0 atom stereocenters. The quantitative estimate of drug-likeness (QED) is 0.304. The lowest BCUT2D eigenvalue weighted by atomic mass is 10.2. The van der Waals surface area contributed by atoms with Gasteiger partial charge in [-0.15, -0.1) is 0 Å². The maximum Gasteiger partial charge on any atom is 0.258 e. The van der Waals surface area contributed by atoms with Crippen LogP contribution in [0, 0.1) is 0 Å². The Bertz CT molecular complexity index is 604. The number of nitrogens with one attached hydrogen (secondary N) is 1. The molecule has 0 fully saturated rings. The summed E-state index contributed by atoms with van der Waals surface area (Å²) < 4.78 is 31.5. The highest BCUT2D eigenvalue weighted by molar-refractivity contribution is 7.89. The molecule has 0 saturated carbocycles. The predicted molar refractivity (Wildman–Crippen MR) is 89.2 cm³/mol. The van der Waals surface area contributed by atoms with Crippen LogP contribution in [-0.2, 0) is 14.8 Å². The molecular formula is C15H25N3O5S. The average molecular weight is 359 g/mol. The van der Waals surface area contributed by atoms with E-state index >= 15 is 0 Å². The van der Waals surface area contributed by atoms with Gasteiger partial charge >= 0.3 is 0 Å². The van der Waals surface area contributed by atoms with Crippen LogP contribution in [-0.4, -0.2) is 50.6 Å². The van der Waals surface area contributed by atoms with Crippen LogP contribution in [0.2, 0.25) is 0 Å². The molecule has 9 heteroatoms. The Labute approximate surface area is 142 Å². The molecule has 1 aromatic carbocycles. The molecule has 4 N–H and O–H groups in total. The van der Waals surface area contributed by atoms with Crippen molar-refractivity contribution in [3.8, 4) is 5.75 Å². The first kappa shape index (κ1) is 20.4. The minimum absolute atomic E-state index is 0.0657. The van der Waals surface area contributed by atoms with Gasteiger partial charge in [0, 0.05) is 6.54 Å². The lowest BCUT2D eigenvalue weighted by molar-refractivity contribution is -0.129. The third kappa shape index (κ3) is 6.08. The van der Waals surface area contributed by atoms with Gasteiger partial charge in [0.05, 0.1) is 18.6 Å². The van der Waals surface area contributed by atoms with Crippen LogP contribution in [0.1, 0.15) is 25.7 Å². The molecule has 0 unspecified atom stereocenters. The minimum Gasteiger partial charge on any atom is -0.497 e. The number of carbonyl (C=O) groups excluding carboxylic acids is 1. The molecule has 0 aliphatic heterocycles. The summed E-state index contributed by atoms with van der Waals surface area (Å²) in [4.78, 5) is 11.5. The molecule has 0 bridgehead atoms. The Morgan fingerprint density at radius 1 is 1.21 bits per heavy atom. The molecule has 8 nitrogen and oxygen atoms in total. The van der Waals surface area contributed by atoms with Gasteiger partial charge in [-0.3, -0.25) is 10.0 Å². The number of carbonyl (C=O) groups is 1. The highest BCUT2D eigenvalue weighted by atomic mass is 32.2. The first-order chi connectivity index (χ1) is 11.5. The molecule has 0 spiro atoms. The van der Waals surface area contributed by atoms with Crippen molar-refractivity contribution in [3.63, 3.8) is 0 Å². The number of rotatable bonds is 11. The van der Waals surface area contributed by atoms with Crippen LogP contribution in [0.5, 0.6) is 5.75 Å². The monoisotopic (exact) mass is 359 g/mol. The number of benzene rings is 1. The zero-order chi connectivity index (χ0) is 18.0. The van der Waals surface area contributed by atoms with Gasteiger partial charge < -0.3 is 10.5 Å². The van der Waals surface area contributed by atoms with Crippen molar-refractivity contribution in [1.82, 2.24) is 9.79 Å². The number of nitrogens with zero attached hydrogens (tertiary/aromatic N) is 1. The summed E-state index contributed by atoms with van der Waals surface area (Å²) in [7, 11) is -2.35. The van der Waals surface area contributed by atoms with E-state index < -0.39 is 22.5 Å². The number of hydroxylamine groups is 1. The molecule has 0 aromatic heterocycles. The summed E-state index contributed by atoms with van der Waals surface area (Å²) in [6, 6.07) is 5.93. The summed E-state index contributed by atoms with van der Waals surface area (Å²) in [6.07, 6.45) is 3.20. The normalized spacial score (nSPS) is 11.5. The molecule has 24 heavy (non-hydrogen) atoms. The zero-order valence-corrected chi connectivity index (χ0v) is 14.6. The smallest absolute Gasteiger partial charge is 0.258 e. The Hall–Kier alpha value is -1.68. The fourth-order valence-corrected chi connectivity index (χ4v) is 3.60. The number of methoxy groups -OCH3 is 1. The van der Waals surface area contributed by atoms with Crippen LogP contribution >= 0.6 is 0 Å². The van der Waals surface area contributed by atoms with Gasteiger partial charge in [0.25, 0.3) is 5.91 Å². The molecule has 1 rings (SSSR count). The standard InChI is InChI=1S/C15H25N3O5S/c1-23-13-6-8-14(9-7-13)24(21,22)18(12-15(19)17-20)11-5-3-2-4-10-16/h6-9,20H,2-5,10-12,16H2,1H3,(H,17,19). The van der Waals surface area contributed by atoms with Crippen molar-refractivity contribution in [2.75, 3.05) is 26.7 Å². The predicted octanol–water partition coefficient (Wildman–Crippen LogP) is 0.710. The molecule has 1 amide bonds. The maximum absolute atomic E-state index is 12.7. The van der Waals surface area contributed by atoms with Crippen LogP contribution in [0.25, 0.3) is 0 Å². The number of hydrogen-bond donors (Lipinski definition) is 3. The minimum atomic E-state index is -3.84. The largest absolute Gasteiger partial charge is 0.497 e. The van der Waals surface area contributed by atoms with Crippen LogP contribution < -0.4 is 16.0 Å². The second-order valence-electron chi connectivity index (χ2n) is 5.25. The molecule has 0 saturated heterocycles. The Kier molecular flexibility index (Phi) is 8.69. The molecule has 0 aliphatic carbocycles. The number of hydrogen-bond acceptors (Lipinski definition) is 6. The molecule has 136 valence electrons. The van der Waals surface area contributed by atoms with Gasteiger partial charge in [-0.25, -0.2) is 13.9 Å². The summed E-state index contributed by atoms with van der Waals surface area (Å²) in [6.45, 7) is 0.342. The van der Waals surface area contributed by atoms with E-state index in [-0.39, 0.29) is 11.4 Å². The van der Waals surface area contributed by atoms with E-state index in [0.717, 1.165) is 23.6 Å². The fourth-order valence-electron chi connectivity index (χ4n) is 2.16. The summed E-state index contributed by atoms with van der Waals surface area (Å²) >= 11 is 0. The van der Waals surface area contributed by atoms with Gasteiger partial charge in [0.2, 0.25) is 10.0 Å². The lowest BCUT2D eigenvalue weighted by Gasteiger charge is -2.21. The summed E-state index contributed by atoms with van der Waals surface area (Å²) in [5.41, 5.74) is 6.89. The Balaban J connectivity index is 2.86. The van der Waals surface area contributed by atoms with E-state index in [4.69, 9.17) is 15.7 Å². The fraction of sp³-hybridized carbons (Fsp3) is 0.533. The highest BCUT2D eigenvalue weighted by Gasteiger charge is 2.26. The van der Waals surface area contributed by atoms with Gasteiger partial charge in [0.15, 0.2) is 0 Å². The molecule has 0 aliphatic rings. The molecule has 0 heterocycles. The first-order valence-corrected chi connectivity index (χ1v) is 9.17. The van der Waals surface area contributed by atoms with Crippen molar-refractivity contribution in [3.05, 3.63) is 24.3 Å². The van der Waals surface area contributed by atoms with Crippen molar-refractivity contribution < 1.29 is 23.2 Å². The third-order valence-corrected chi connectivity index (χ3v) is 5.36. The molecular weight excluding hydrogens is 334 g/mol. The Morgan fingerprint density at radius 3 is 2.38 bits per heavy atom. The maximum atomic E-state index is 12.7. The van der Waals surface area contributed by atoms with Crippen molar-refractivity contribution in [2.45, 2.75) is 30.6 Å². The SMILES string of the molecule is COc1ccc(S(=O)(=O)N(CCCCCCN)CC(=O)NO)cc1. The second kappa shape index (κ2) is 10.2. The van der Waals surface area contributed by atoms with Crippen molar-refractivity contribution >= 4 is 15.9 Å². The average Bonchev–Trinajstić information content (AvgIpc) is 2.60. The van der Waals surface area contributed by atoms with Crippen molar-refractivity contribution in [2.24, 2.45) is 5.73 Å². The van der Waals surface area contributed by atoms with Crippen molar-refractivity contribution in [1.29, 1.82) is 0 Å². The van der Waals surface area contributed by atoms with Gasteiger partial charge in [-0.1, -0.05) is 12.8 Å². The van der Waals surface area contributed by atoms with Gasteiger partial charge in [-0.05, 0) is 43.7 Å².